The average Bonchev–Trinajstić information content (AvgIpc) is 3.19. The summed E-state index contributed by atoms with van der Waals surface area (Å²) in [4.78, 5) is 8.51. The van der Waals surface area contributed by atoms with Crippen LogP contribution in [0.25, 0.3) is 0 Å². The van der Waals surface area contributed by atoms with Gasteiger partial charge in [-0.2, -0.15) is 0 Å². The summed E-state index contributed by atoms with van der Waals surface area (Å²) in [5, 5.41) is 8.53. The van der Waals surface area contributed by atoms with Gasteiger partial charge in [-0.3, -0.25) is 4.99 Å². The molecule has 142 valence electrons. The predicted molar refractivity (Wildman–Crippen MR) is 109 cm³/mol. The van der Waals surface area contributed by atoms with Crippen LogP contribution in [0.5, 0.6) is 17.2 Å². The lowest BCUT2D eigenvalue weighted by atomic mass is 10.2. The largest absolute Gasteiger partial charge is 0.493 e. The molecule has 0 saturated heterocycles. The molecule has 0 saturated carbocycles. The highest BCUT2D eigenvalue weighted by molar-refractivity contribution is 8.00. The van der Waals surface area contributed by atoms with E-state index in [4.69, 9.17) is 14.2 Å². The summed E-state index contributed by atoms with van der Waals surface area (Å²) < 4.78 is 17.2. The number of thiazole rings is 1. The van der Waals surface area contributed by atoms with E-state index in [2.05, 4.69) is 20.6 Å². The van der Waals surface area contributed by atoms with Crippen molar-refractivity contribution in [2.45, 2.75) is 10.8 Å². The molecule has 9 heteroatoms. The number of thioether (sulfide) groups is 1. The van der Waals surface area contributed by atoms with Gasteiger partial charge in [0.05, 0.1) is 21.3 Å². The quantitative estimate of drug-likeness (QED) is 0.291. The summed E-state index contributed by atoms with van der Waals surface area (Å²) >= 11 is 3.43. The summed E-state index contributed by atoms with van der Waals surface area (Å²) in [6, 6.07) is 3.68. The van der Waals surface area contributed by atoms with Crippen LogP contribution in [-0.4, -0.2) is 51.6 Å². The molecule has 0 aliphatic rings. The zero-order chi connectivity index (χ0) is 18.8. The molecule has 1 aromatic heterocycles. The molecule has 7 nitrogen and oxygen atoms in total. The number of hydrogen-bond acceptors (Lipinski definition) is 7. The molecule has 2 aromatic rings. The molecule has 0 atom stereocenters. The van der Waals surface area contributed by atoms with Gasteiger partial charge in [0.25, 0.3) is 0 Å². The maximum Gasteiger partial charge on any atom is 0.203 e. The van der Waals surface area contributed by atoms with E-state index in [1.807, 2.05) is 23.7 Å². The van der Waals surface area contributed by atoms with Crippen molar-refractivity contribution in [3.8, 4) is 17.2 Å². The SMILES string of the molecule is CN=C(NCCCSc1nccs1)Nc1cc(OC)c(OC)c(OC)c1. The fraction of sp³-hybridized carbons (Fsp3) is 0.412. The van der Waals surface area contributed by atoms with E-state index in [0.717, 1.165) is 28.7 Å². The van der Waals surface area contributed by atoms with Gasteiger partial charge in [-0.15, -0.1) is 11.3 Å². The third-order valence-electron chi connectivity index (χ3n) is 3.40. The van der Waals surface area contributed by atoms with Crippen molar-refractivity contribution in [1.29, 1.82) is 0 Å². The van der Waals surface area contributed by atoms with E-state index in [9.17, 15) is 0 Å². The lowest BCUT2D eigenvalue weighted by Gasteiger charge is -2.16. The molecule has 26 heavy (non-hydrogen) atoms. The summed E-state index contributed by atoms with van der Waals surface area (Å²) in [5.74, 6) is 3.41. The number of anilines is 1. The number of nitrogens with zero attached hydrogens (tertiary/aromatic N) is 2. The number of benzene rings is 1. The number of hydrogen-bond donors (Lipinski definition) is 2. The third-order valence-corrected chi connectivity index (χ3v) is 5.45. The molecular formula is C17H24N4O3S2. The van der Waals surface area contributed by atoms with Gasteiger partial charge in [0.15, 0.2) is 17.5 Å². The van der Waals surface area contributed by atoms with Crippen molar-refractivity contribution < 1.29 is 14.2 Å². The zero-order valence-electron chi connectivity index (χ0n) is 15.4. The molecule has 1 aromatic carbocycles. The second-order valence-corrected chi connectivity index (χ2v) is 7.27. The number of methoxy groups -OCH3 is 3. The first-order chi connectivity index (χ1) is 12.7. The molecule has 0 unspecified atom stereocenters. The van der Waals surface area contributed by atoms with Gasteiger partial charge in [0.2, 0.25) is 5.75 Å². The number of aromatic nitrogens is 1. The first-order valence-corrected chi connectivity index (χ1v) is 9.88. The van der Waals surface area contributed by atoms with Crippen LogP contribution in [0.2, 0.25) is 0 Å². The van der Waals surface area contributed by atoms with E-state index in [0.29, 0.717) is 23.2 Å². The van der Waals surface area contributed by atoms with Crippen LogP contribution in [0, 0.1) is 0 Å². The first kappa shape index (κ1) is 20.2. The molecule has 2 N–H and O–H groups in total. The minimum Gasteiger partial charge on any atom is -0.493 e. The van der Waals surface area contributed by atoms with Gasteiger partial charge in [-0.1, -0.05) is 11.8 Å². The molecule has 2 rings (SSSR count). The maximum atomic E-state index is 5.37. The Balaban J connectivity index is 1.88. The summed E-state index contributed by atoms with van der Waals surface area (Å²) in [6.07, 6.45) is 2.83. The molecule has 0 spiro atoms. The molecule has 1 heterocycles. The lowest BCUT2D eigenvalue weighted by molar-refractivity contribution is 0.324. The van der Waals surface area contributed by atoms with E-state index in [1.165, 1.54) is 0 Å². The van der Waals surface area contributed by atoms with Gasteiger partial charge in [0, 0.05) is 48.7 Å². The Morgan fingerprint density at radius 2 is 1.92 bits per heavy atom. The van der Waals surface area contributed by atoms with Gasteiger partial charge >= 0.3 is 0 Å². The van der Waals surface area contributed by atoms with Crippen molar-refractivity contribution >= 4 is 34.7 Å². The minimum atomic E-state index is 0.558. The number of rotatable bonds is 9. The summed E-state index contributed by atoms with van der Waals surface area (Å²) in [6.45, 7) is 0.808. The maximum absolute atomic E-state index is 5.37. The van der Waals surface area contributed by atoms with Crippen LogP contribution >= 0.6 is 23.1 Å². The second kappa shape index (κ2) is 10.8. The van der Waals surface area contributed by atoms with E-state index in [-0.39, 0.29) is 0 Å². The fourth-order valence-corrected chi connectivity index (χ4v) is 3.84. The summed E-state index contributed by atoms with van der Waals surface area (Å²) in [5.41, 5.74) is 0.796. The Morgan fingerprint density at radius 3 is 2.46 bits per heavy atom. The van der Waals surface area contributed by atoms with E-state index in [1.54, 1.807) is 51.5 Å². The molecule has 0 bridgehead atoms. The van der Waals surface area contributed by atoms with Crippen molar-refractivity contribution in [3.05, 3.63) is 23.7 Å². The van der Waals surface area contributed by atoms with Crippen molar-refractivity contribution in [2.24, 2.45) is 4.99 Å². The first-order valence-electron chi connectivity index (χ1n) is 8.01. The van der Waals surface area contributed by atoms with E-state index < -0.39 is 0 Å². The number of nitrogens with one attached hydrogen (secondary N) is 2. The molecule has 0 radical (unpaired) electrons. The Labute approximate surface area is 162 Å². The molecule has 0 aliphatic heterocycles. The Kier molecular flexibility index (Phi) is 8.36. The van der Waals surface area contributed by atoms with Gasteiger partial charge < -0.3 is 24.8 Å². The molecule has 0 fully saturated rings. The third kappa shape index (κ3) is 5.70. The van der Waals surface area contributed by atoms with Crippen LogP contribution in [0.1, 0.15) is 6.42 Å². The van der Waals surface area contributed by atoms with Crippen LogP contribution in [-0.2, 0) is 0 Å². The monoisotopic (exact) mass is 396 g/mol. The highest BCUT2D eigenvalue weighted by Crippen LogP contribution is 2.39. The van der Waals surface area contributed by atoms with Crippen LogP contribution in [0.3, 0.4) is 0 Å². The smallest absolute Gasteiger partial charge is 0.203 e. The highest BCUT2D eigenvalue weighted by atomic mass is 32.2. The standard InChI is InChI=1S/C17H24N4O3S2/c1-18-16(19-6-5-8-25-17-20-7-9-26-17)21-12-10-13(22-2)15(24-4)14(11-12)23-3/h7,9-11H,5-6,8H2,1-4H3,(H2,18,19,21). The van der Waals surface area contributed by atoms with Crippen LogP contribution in [0.15, 0.2) is 33.0 Å². The van der Waals surface area contributed by atoms with Gasteiger partial charge in [0.1, 0.15) is 4.34 Å². The van der Waals surface area contributed by atoms with Crippen molar-refractivity contribution in [3.63, 3.8) is 0 Å². The van der Waals surface area contributed by atoms with Crippen LogP contribution < -0.4 is 24.8 Å². The second-order valence-electron chi connectivity index (χ2n) is 5.04. The number of guanidine groups is 1. The highest BCUT2D eigenvalue weighted by Gasteiger charge is 2.13. The van der Waals surface area contributed by atoms with Gasteiger partial charge in [-0.05, 0) is 6.42 Å². The normalized spacial score (nSPS) is 11.2. The van der Waals surface area contributed by atoms with Crippen molar-refractivity contribution in [2.75, 3.05) is 46.0 Å². The minimum absolute atomic E-state index is 0.558. The topological polar surface area (TPSA) is 77.0 Å². The number of aliphatic imine (C=N–C) groups is 1. The zero-order valence-corrected chi connectivity index (χ0v) is 17.0. The molecular weight excluding hydrogens is 372 g/mol. The van der Waals surface area contributed by atoms with Gasteiger partial charge in [-0.25, -0.2) is 4.98 Å². The Bertz CT molecular complexity index is 683. The fourth-order valence-electron chi connectivity index (χ4n) is 2.19. The Morgan fingerprint density at radius 1 is 1.19 bits per heavy atom. The molecule has 0 amide bonds. The lowest BCUT2D eigenvalue weighted by Crippen LogP contribution is -2.31. The average molecular weight is 397 g/mol. The summed E-state index contributed by atoms with van der Waals surface area (Å²) in [7, 11) is 6.50. The predicted octanol–water partition coefficient (Wildman–Crippen LogP) is 3.34. The molecule has 0 aliphatic carbocycles. The van der Waals surface area contributed by atoms with Crippen LogP contribution in [0.4, 0.5) is 5.69 Å². The Hall–Kier alpha value is -2.13. The van der Waals surface area contributed by atoms with E-state index >= 15 is 0 Å². The number of ether oxygens (including phenoxy) is 3. The van der Waals surface area contributed by atoms with Crippen molar-refractivity contribution in [1.82, 2.24) is 10.3 Å².